The van der Waals surface area contributed by atoms with E-state index in [4.69, 9.17) is 11.6 Å². The molecule has 13 heteroatoms. The van der Waals surface area contributed by atoms with Gasteiger partial charge in [-0.15, -0.1) is 0 Å². The van der Waals surface area contributed by atoms with Crippen molar-refractivity contribution in [2.24, 2.45) is 11.8 Å². The molecule has 4 rings (SSSR count). The third kappa shape index (κ3) is 4.78. The van der Waals surface area contributed by atoms with Gasteiger partial charge < -0.3 is 5.32 Å². The van der Waals surface area contributed by atoms with E-state index in [-0.39, 0.29) is 36.8 Å². The molecule has 1 aromatic heterocycles. The monoisotopic (exact) mass is 513 g/mol. The predicted molar refractivity (Wildman–Crippen MR) is 108 cm³/mol. The Bertz CT molecular complexity index is 1140. The number of benzene rings is 1. The maximum Gasteiger partial charge on any atom is 0.417 e. The second-order valence-corrected chi connectivity index (χ2v) is 10.5. The minimum atomic E-state index is -4.65. The first kappa shape index (κ1) is 24.1. The zero-order valence-electron chi connectivity index (χ0n) is 16.8. The number of rotatable bonds is 4. The molecule has 1 aromatic carbocycles. The highest BCUT2D eigenvalue weighted by Gasteiger charge is 2.47. The Morgan fingerprint density at radius 2 is 1.64 bits per heavy atom. The predicted octanol–water partition coefficient (Wildman–Crippen LogP) is 5.28. The number of alkyl halides is 6. The second-order valence-electron chi connectivity index (χ2n) is 8.15. The van der Waals surface area contributed by atoms with Crippen LogP contribution in [-0.4, -0.2) is 36.8 Å². The molecular formula is C20H18ClF6N3O2S. The summed E-state index contributed by atoms with van der Waals surface area (Å²) >= 11 is 5.89. The Morgan fingerprint density at radius 1 is 0.970 bits per heavy atom. The molecule has 1 saturated heterocycles. The first-order valence-corrected chi connectivity index (χ1v) is 11.8. The van der Waals surface area contributed by atoms with E-state index in [1.54, 1.807) is 0 Å². The van der Waals surface area contributed by atoms with E-state index in [0.29, 0.717) is 25.0 Å². The van der Waals surface area contributed by atoms with E-state index in [1.807, 2.05) is 0 Å². The van der Waals surface area contributed by atoms with Gasteiger partial charge in [0.25, 0.3) is 0 Å². The number of hydrogen-bond donors (Lipinski definition) is 1. The van der Waals surface area contributed by atoms with Crippen LogP contribution in [0.2, 0.25) is 5.02 Å². The first-order valence-electron chi connectivity index (χ1n) is 9.93. The highest BCUT2D eigenvalue weighted by atomic mass is 35.5. The number of anilines is 1. The molecule has 0 amide bonds. The van der Waals surface area contributed by atoms with Crippen molar-refractivity contribution in [3.8, 4) is 0 Å². The van der Waals surface area contributed by atoms with Gasteiger partial charge in [-0.3, -0.25) is 0 Å². The number of nitrogens with one attached hydrogen (secondary N) is 1. The van der Waals surface area contributed by atoms with Gasteiger partial charge in [0.05, 0.1) is 16.1 Å². The van der Waals surface area contributed by atoms with Crippen LogP contribution < -0.4 is 5.32 Å². The molecule has 1 aliphatic carbocycles. The van der Waals surface area contributed by atoms with Crippen LogP contribution in [0.1, 0.15) is 24.0 Å². The second kappa shape index (κ2) is 8.31. The van der Waals surface area contributed by atoms with Crippen LogP contribution in [0.4, 0.5) is 32.2 Å². The van der Waals surface area contributed by atoms with Crippen molar-refractivity contribution < 1.29 is 34.8 Å². The first-order chi connectivity index (χ1) is 15.3. The van der Waals surface area contributed by atoms with Gasteiger partial charge in [0.15, 0.2) is 0 Å². The molecule has 2 aromatic rings. The molecule has 0 radical (unpaired) electrons. The molecule has 0 unspecified atom stereocenters. The molecule has 33 heavy (non-hydrogen) atoms. The molecule has 2 aliphatic rings. The molecular weight excluding hydrogens is 496 g/mol. The molecule has 2 heterocycles. The summed E-state index contributed by atoms with van der Waals surface area (Å²) in [7, 11) is -4.13. The quantitative estimate of drug-likeness (QED) is 0.565. The lowest BCUT2D eigenvalue weighted by Gasteiger charge is -2.22. The lowest BCUT2D eigenvalue weighted by atomic mass is 9.98. The van der Waals surface area contributed by atoms with Crippen LogP contribution in [0.25, 0.3) is 0 Å². The van der Waals surface area contributed by atoms with Gasteiger partial charge in [0.1, 0.15) is 10.7 Å². The van der Waals surface area contributed by atoms with Crippen LogP contribution >= 0.6 is 11.6 Å². The van der Waals surface area contributed by atoms with Crippen LogP contribution in [0, 0.1) is 11.8 Å². The van der Waals surface area contributed by atoms with E-state index in [1.165, 1.54) is 10.4 Å². The Kier molecular flexibility index (Phi) is 6.07. The Labute approximate surface area is 190 Å². The fourth-order valence-corrected chi connectivity index (χ4v) is 6.52. The number of fused-ring (bicyclic) bond motifs is 1. The van der Waals surface area contributed by atoms with Gasteiger partial charge in [0.2, 0.25) is 10.0 Å². The molecule has 1 aliphatic heterocycles. The Morgan fingerprint density at radius 3 is 2.21 bits per heavy atom. The number of aromatic nitrogens is 1. The molecule has 0 bridgehead atoms. The SMILES string of the molecule is O=S(=O)(c1ccc(C(F)(F)F)cc1Cl)N1C[C@H]2CC[C@H](Nc3ccc(C(F)(F)F)cn3)[C@H]2C1. The summed E-state index contributed by atoms with van der Waals surface area (Å²) in [4.78, 5) is 3.41. The van der Waals surface area contributed by atoms with Crippen LogP contribution in [-0.2, 0) is 22.4 Å². The van der Waals surface area contributed by atoms with Crippen molar-refractivity contribution >= 4 is 27.4 Å². The van der Waals surface area contributed by atoms with Crippen molar-refractivity contribution in [1.82, 2.24) is 9.29 Å². The largest absolute Gasteiger partial charge is 0.417 e. The van der Waals surface area contributed by atoms with Gasteiger partial charge in [-0.1, -0.05) is 11.6 Å². The van der Waals surface area contributed by atoms with E-state index in [2.05, 4.69) is 10.3 Å². The van der Waals surface area contributed by atoms with Gasteiger partial charge in [-0.2, -0.15) is 30.6 Å². The average molecular weight is 514 g/mol. The van der Waals surface area contributed by atoms with Crippen LogP contribution in [0.3, 0.4) is 0 Å². The molecule has 2 fully saturated rings. The van der Waals surface area contributed by atoms with Crippen molar-refractivity contribution in [3.05, 3.63) is 52.7 Å². The van der Waals surface area contributed by atoms with Gasteiger partial charge in [0, 0.05) is 25.3 Å². The lowest BCUT2D eigenvalue weighted by Crippen LogP contribution is -2.33. The van der Waals surface area contributed by atoms with E-state index in [0.717, 1.165) is 18.3 Å². The number of pyridine rings is 1. The smallest absolute Gasteiger partial charge is 0.367 e. The minimum absolute atomic E-state index is 0.0000489. The van der Waals surface area contributed by atoms with Gasteiger partial charge >= 0.3 is 12.4 Å². The molecule has 0 spiro atoms. The van der Waals surface area contributed by atoms with E-state index in [9.17, 15) is 34.8 Å². The molecule has 1 saturated carbocycles. The van der Waals surface area contributed by atoms with Crippen LogP contribution in [0.5, 0.6) is 0 Å². The summed E-state index contributed by atoms with van der Waals surface area (Å²) in [6.45, 7) is 0.297. The summed E-state index contributed by atoms with van der Waals surface area (Å²) in [5, 5.41) is 2.58. The zero-order valence-corrected chi connectivity index (χ0v) is 18.4. The maximum atomic E-state index is 13.1. The molecule has 180 valence electrons. The summed E-state index contributed by atoms with van der Waals surface area (Å²) in [6.07, 6.45) is -7.04. The minimum Gasteiger partial charge on any atom is -0.367 e. The maximum absolute atomic E-state index is 13.1. The number of halogens is 7. The number of sulfonamides is 1. The number of hydrogen-bond acceptors (Lipinski definition) is 4. The van der Waals surface area contributed by atoms with Crippen LogP contribution in [0.15, 0.2) is 41.4 Å². The highest BCUT2D eigenvalue weighted by Crippen LogP contribution is 2.42. The summed E-state index contributed by atoms with van der Waals surface area (Å²) in [5.74, 6) is 0.123. The van der Waals surface area contributed by atoms with Crippen molar-refractivity contribution in [2.45, 2.75) is 36.1 Å². The van der Waals surface area contributed by atoms with Gasteiger partial charge in [-0.25, -0.2) is 13.4 Å². The third-order valence-electron chi connectivity index (χ3n) is 6.12. The highest BCUT2D eigenvalue weighted by molar-refractivity contribution is 7.89. The lowest BCUT2D eigenvalue weighted by molar-refractivity contribution is -0.138. The van der Waals surface area contributed by atoms with Crippen molar-refractivity contribution in [1.29, 1.82) is 0 Å². The van der Waals surface area contributed by atoms with Crippen molar-refractivity contribution in [3.63, 3.8) is 0 Å². The summed E-state index contributed by atoms with van der Waals surface area (Å²) in [6, 6.07) is 4.06. The molecule has 1 N–H and O–H groups in total. The third-order valence-corrected chi connectivity index (χ3v) is 8.44. The normalized spacial score (nSPS) is 24.2. The summed E-state index contributed by atoms with van der Waals surface area (Å²) in [5.41, 5.74) is -1.91. The molecule has 5 nitrogen and oxygen atoms in total. The fraction of sp³-hybridized carbons (Fsp3) is 0.450. The molecule has 3 atom stereocenters. The summed E-state index contributed by atoms with van der Waals surface area (Å²) < 4.78 is 104. The zero-order chi connectivity index (χ0) is 24.2. The standard InChI is InChI=1S/C20H18ClF6N3O2S/c21-15-7-12(19(22,23)24)2-5-17(15)33(31,32)30-9-11-1-4-16(14(11)10-30)29-18-6-3-13(8-28-18)20(25,26)27/h2-3,5-8,11,14,16H,1,4,9-10H2,(H,28,29)/t11-,14+,16+/m1/s1. The topological polar surface area (TPSA) is 62.3 Å². The van der Waals surface area contributed by atoms with Gasteiger partial charge in [-0.05, 0) is 55.0 Å². The average Bonchev–Trinajstić information content (AvgIpc) is 3.29. The fourth-order valence-electron chi connectivity index (χ4n) is 4.46. The van der Waals surface area contributed by atoms with Crippen molar-refractivity contribution in [2.75, 3.05) is 18.4 Å². The van der Waals surface area contributed by atoms with E-state index >= 15 is 0 Å². The van der Waals surface area contributed by atoms with E-state index < -0.39 is 43.4 Å². The number of nitrogens with zero attached hydrogens (tertiary/aromatic N) is 2. The Balaban J connectivity index is 1.48. The Hall–Kier alpha value is -2.05.